The summed E-state index contributed by atoms with van der Waals surface area (Å²) in [5, 5.41) is 15.5. The number of rotatable bonds is 8. The van der Waals surface area contributed by atoms with Crippen LogP contribution in [0.25, 0.3) is 0 Å². The fourth-order valence-electron chi connectivity index (χ4n) is 2.06. The van der Waals surface area contributed by atoms with E-state index in [4.69, 9.17) is 9.84 Å². The molecule has 1 aromatic carbocycles. The average molecular weight is 331 g/mol. The van der Waals surface area contributed by atoms with E-state index in [1.54, 1.807) is 29.9 Å². The van der Waals surface area contributed by atoms with Gasteiger partial charge in [0.2, 0.25) is 0 Å². The number of ether oxygens (including phenoxy) is 1. The number of nitrogens with zero attached hydrogens (tertiary/aromatic N) is 2. The van der Waals surface area contributed by atoms with Crippen LogP contribution in [0.1, 0.15) is 34.6 Å². The van der Waals surface area contributed by atoms with Gasteiger partial charge in [0, 0.05) is 25.7 Å². The van der Waals surface area contributed by atoms with Crippen molar-refractivity contribution in [3.63, 3.8) is 0 Å². The second-order valence-corrected chi connectivity index (χ2v) is 5.47. The van der Waals surface area contributed by atoms with Crippen molar-refractivity contribution in [3.8, 4) is 5.75 Å². The summed E-state index contributed by atoms with van der Waals surface area (Å²) in [7, 11) is 1.79. The molecule has 0 bridgehead atoms. The number of hydrogen-bond acceptors (Lipinski definition) is 4. The number of amides is 1. The molecule has 7 nitrogen and oxygen atoms in total. The molecule has 0 saturated carbocycles. The molecule has 1 aromatic heterocycles. The number of carboxylic acid groups (broad SMARTS) is 1. The molecule has 1 amide bonds. The van der Waals surface area contributed by atoms with Crippen LogP contribution in [0.15, 0.2) is 30.3 Å². The number of carbonyl (C=O) groups is 2. The fraction of sp³-hybridized carbons (Fsp3) is 0.353. The molecule has 0 radical (unpaired) electrons. The van der Waals surface area contributed by atoms with Crippen molar-refractivity contribution in [2.45, 2.75) is 26.3 Å². The quantitative estimate of drug-likeness (QED) is 0.721. The van der Waals surface area contributed by atoms with Gasteiger partial charge < -0.3 is 15.2 Å². The van der Waals surface area contributed by atoms with Crippen LogP contribution in [0.2, 0.25) is 0 Å². The van der Waals surface area contributed by atoms with Crippen LogP contribution in [0.3, 0.4) is 0 Å². The van der Waals surface area contributed by atoms with E-state index in [-0.39, 0.29) is 12.3 Å². The highest BCUT2D eigenvalue weighted by Crippen LogP contribution is 2.13. The fourth-order valence-corrected chi connectivity index (χ4v) is 2.06. The Hall–Kier alpha value is -2.83. The summed E-state index contributed by atoms with van der Waals surface area (Å²) in [4.78, 5) is 22.4. The number of nitrogens with one attached hydrogen (secondary N) is 1. The van der Waals surface area contributed by atoms with E-state index in [0.717, 1.165) is 11.3 Å². The van der Waals surface area contributed by atoms with Crippen molar-refractivity contribution in [3.05, 3.63) is 47.3 Å². The molecule has 0 atom stereocenters. The van der Waals surface area contributed by atoms with E-state index in [2.05, 4.69) is 10.4 Å². The third kappa shape index (κ3) is 5.12. The molecule has 0 unspecified atom stereocenters. The Kier molecular flexibility index (Phi) is 5.95. The number of benzene rings is 1. The summed E-state index contributed by atoms with van der Waals surface area (Å²) in [6.45, 7) is 2.65. The van der Waals surface area contributed by atoms with Crippen LogP contribution in [-0.4, -0.2) is 33.4 Å². The average Bonchev–Trinajstić information content (AvgIpc) is 2.89. The molecule has 2 aromatic rings. The first kappa shape index (κ1) is 17.5. The van der Waals surface area contributed by atoms with Gasteiger partial charge in [-0.25, -0.2) is 0 Å². The lowest BCUT2D eigenvalue weighted by Crippen LogP contribution is -2.23. The minimum atomic E-state index is -0.826. The van der Waals surface area contributed by atoms with Gasteiger partial charge in [-0.1, -0.05) is 12.1 Å². The Morgan fingerprint density at radius 2 is 2.00 bits per heavy atom. The number of carbonyl (C=O) groups excluding carboxylic acids is 1. The predicted octanol–water partition coefficient (Wildman–Crippen LogP) is 1.90. The first-order valence-electron chi connectivity index (χ1n) is 7.68. The lowest BCUT2D eigenvalue weighted by Gasteiger charge is -2.07. The summed E-state index contributed by atoms with van der Waals surface area (Å²) in [6, 6.07) is 9.05. The van der Waals surface area contributed by atoms with Crippen LogP contribution >= 0.6 is 0 Å². The monoisotopic (exact) mass is 331 g/mol. The molecule has 0 aliphatic heterocycles. The first-order valence-corrected chi connectivity index (χ1v) is 7.68. The van der Waals surface area contributed by atoms with Crippen molar-refractivity contribution in [1.29, 1.82) is 0 Å². The van der Waals surface area contributed by atoms with Gasteiger partial charge >= 0.3 is 5.97 Å². The van der Waals surface area contributed by atoms with Crippen molar-refractivity contribution in [2.75, 3.05) is 6.61 Å². The molecule has 0 aliphatic carbocycles. The molecule has 24 heavy (non-hydrogen) atoms. The highest BCUT2D eigenvalue weighted by molar-refractivity contribution is 5.92. The molecule has 7 heteroatoms. The Labute approximate surface area is 140 Å². The van der Waals surface area contributed by atoms with Gasteiger partial charge in [0.25, 0.3) is 5.91 Å². The lowest BCUT2D eigenvalue weighted by atomic mass is 10.2. The van der Waals surface area contributed by atoms with Gasteiger partial charge in [0.1, 0.15) is 11.4 Å². The van der Waals surface area contributed by atoms with Gasteiger partial charge in [-0.05, 0) is 37.1 Å². The van der Waals surface area contributed by atoms with Crippen LogP contribution in [0.5, 0.6) is 5.75 Å². The molecule has 0 fully saturated rings. The Balaban J connectivity index is 1.79. The minimum absolute atomic E-state index is 0.0944. The molecular formula is C17H21N3O4. The van der Waals surface area contributed by atoms with E-state index < -0.39 is 5.97 Å². The third-order valence-electron chi connectivity index (χ3n) is 3.53. The van der Waals surface area contributed by atoms with Crippen molar-refractivity contribution >= 4 is 11.9 Å². The van der Waals surface area contributed by atoms with Gasteiger partial charge in [0.05, 0.1) is 6.61 Å². The minimum Gasteiger partial charge on any atom is -0.494 e. The molecular weight excluding hydrogens is 310 g/mol. The van der Waals surface area contributed by atoms with Crippen LogP contribution in [0, 0.1) is 6.92 Å². The number of aryl methyl sites for hydroxylation is 2. The van der Waals surface area contributed by atoms with Gasteiger partial charge in [-0.15, -0.1) is 0 Å². The zero-order chi connectivity index (χ0) is 17.5. The van der Waals surface area contributed by atoms with Crippen molar-refractivity contribution < 1.29 is 19.4 Å². The summed E-state index contributed by atoms with van der Waals surface area (Å²) in [5.74, 6) is -0.365. The topological polar surface area (TPSA) is 93.4 Å². The Bertz CT molecular complexity index is 688. The standard InChI is InChI=1S/C17H21N3O4/c1-12-10-15(19-20(12)2)17(23)18-11-13-5-7-14(8-6-13)24-9-3-4-16(21)22/h5-8,10H,3-4,9,11H2,1-2H3,(H,18,23)(H,21,22). The van der Waals surface area contributed by atoms with E-state index in [1.165, 1.54) is 0 Å². The highest BCUT2D eigenvalue weighted by Gasteiger charge is 2.10. The first-order chi connectivity index (χ1) is 11.5. The van der Waals surface area contributed by atoms with Gasteiger partial charge in [0.15, 0.2) is 0 Å². The van der Waals surface area contributed by atoms with E-state index in [1.807, 2.05) is 19.1 Å². The summed E-state index contributed by atoms with van der Waals surface area (Å²) < 4.78 is 7.12. The van der Waals surface area contributed by atoms with Crippen LogP contribution < -0.4 is 10.1 Å². The summed E-state index contributed by atoms with van der Waals surface area (Å²) in [5.41, 5.74) is 2.26. The number of aromatic nitrogens is 2. The molecule has 0 spiro atoms. The zero-order valence-electron chi connectivity index (χ0n) is 13.8. The molecule has 0 saturated heterocycles. The molecule has 2 N–H and O–H groups in total. The SMILES string of the molecule is Cc1cc(C(=O)NCc2ccc(OCCCC(=O)O)cc2)nn1C. The van der Waals surface area contributed by atoms with Crippen LogP contribution in [0.4, 0.5) is 0 Å². The maximum absolute atomic E-state index is 12.0. The number of carboxylic acids is 1. The van der Waals surface area contributed by atoms with E-state index >= 15 is 0 Å². The smallest absolute Gasteiger partial charge is 0.303 e. The van der Waals surface area contributed by atoms with Crippen molar-refractivity contribution in [2.24, 2.45) is 7.05 Å². The van der Waals surface area contributed by atoms with Crippen LogP contribution in [-0.2, 0) is 18.4 Å². The van der Waals surface area contributed by atoms with Crippen molar-refractivity contribution in [1.82, 2.24) is 15.1 Å². The molecule has 1 heterocycles. The molecule has 128 valence electrons. The number of hydrogen-bond donors (Lipinski definition) is 2. The normalized spacial score (nSPS) is 10.4. The van der Waals surface area contributed by atoms with E-state index in [0.29, 0.717) is 31.0 Å². The summed E-state index contributed by atoms with van der Waals surface area (Å²) in [6.07, 6.45) is 0.563. The zero-order valence-corrected chi connectivity index (χ0v) is 13.8. The molecule has 0 aliphatic rings. The Morgan fingerprint density at radius 3 is 2.58 bits per heavy atom. The number of aliphatic carboxylic acids is 1. The largest absolute Gasteiger partial charge is 0.494 e. The predicted molar refractivity (Wildman–Crippen MR) is 87.9 cm³/mol. The van der Waals surface area contributed by atoms with Gasteiger partial charge in [-0.3, -0.25) is 14.3 Å². The lowest BCUT2D eigenvalue weighted by molar-refractivity contribution is -0.137. The maximum Gasteiger partial charge on any atom is 0.303 e. The summed E-state index contributed by atoms with van der Waals surface area (Å²) >= 11 is 0. The molecule has 2 rings (SSSR count). The second kappa shape index (κ2) is 8.14. The van der Waals surface area contributed by atoms with Gasteiger partial charge in [-0.2, -0.15) is 5.10 Å². The third-order valence-corrected chi connectivity index (χ3v) is 3.53. The second-order valence-electron chi connectivity index (χ2n) is 5.47. The Morgan fingerprint density at radius 1 is 1.29 bits per heavy atom. The highest BCUT2D eigenvalue weighted by atomic mass is 16.5. The maximum atomic E-state index is 12.0. The van der Waals surface area contributed by atoms with E-state index in [9.17, 15) is 9.59 Å².